The summed E-state index contributed by atoms with van der Waals surface area (Å²) in [5, 5.41) is 7.22. The van der Waals surface area contributed by atoms with Crippen molar-refractivity contribution in [3.05, 3.63) is 47.8 Å². The number of hydrogen-bond acceptors (Lipinski definition) is 3. The predicted molar refractivity (Wildman–Crippen MR) is 97.7 cm³/mol. The molecule has 5 nitrogen and oxygen atoms in total. The van der Waals surface area contributed by atoms with Crippen LogP contribution in [0.25, 0.3) is 0 Å². The van der Waals surface area contributed by atoms with Crippen molar-refractivity contribution in [2.75, 3.05) is 0 Å². The lowest BCUT2D eigenvalue weighted by atomic mass is 9.98. The van der Waals surface area contributed by atoms with Gasteiger partial charge in [-0.25, -0.2) is 0 Å². The van der Waals surface area contributed by atoms with E-state index in [2.05, 4.69) is 10.4 Å². The Morgan fingerprint density at radius 3 is 2.80 bits per heavy atom. The molecule has 0 bridgehead atoms. The Hall–Kier alpha value is -2.30. The average Bonchev–Trinajstić information content (AvgIpc) is 3.11. The van der Waals surface area contributed by atoms with Crippen LogP contribution in [0.2, 0.25) is 0 Å². The molecule has 1 N–H and O–H groups in total. The van der Waals surface area contributed by atoms with Crippen LogP contribution in [0.15, 0.2) is 36.5 Å². The topological polar surface area (TPSA) is 56.2 Å². The quantitative estimate of drug-likeness (QED) is 0.860. The van der Waals surface area contributed by atoms with Crippen molar-refractivity contribution in [1.82, 2.24) is 15.1 Å². The highest BCUT2D eigenvalue weighted by atomic mass is 16.5. The number of carbonyl (C=O) groups is 1. The van der Waals surface area contributed by atoms with Gasteiger partial charge in [-0.05, 0) is 63.3 Å². The molecule has 1 aliphatic rings. The summed E-state index contributed by atoms with van der Waals surface area (Å²) in [5.74, 6) is 0.737. The number of benzene rings is 1. The van der Waals surface area contributed by atoms with Gasteiger partial charge >= 0.3 is 0 Å². The molecular formula is C20H27N3O2. The molecule has 1 aliphatic carbocycles. The smallest absolute Gasteiger partial charge is 0.272 e. The second-order valence-corrected chi connectivity index (χ2v) is 6.98. The fourth-order valence-electron chi connectivity index (χ4n) is 3.12. The van der Waals surface area contributed by atoms with Crippen LogP contribution in [-0.4, -0.2) is 21.8 Å². The Morgan fingerprint density at radius 2 is 2.08 bits per heavy atom. The van der Waals surface area contributed by atoms with E-state index in [1.165, 1.54) is 19.3 Å². The van der Waals surface area contributed by atoms with E-state index in [4.69, 9.17) is 4.74 Å². The molecule has 1 aromatic heterocycles. The lowest BCUT2D eigenvalue weighted by Gasteiger charge is -2.23. The van der Waals surface area contributed by atoms with Crippen molar-refractivity contribution in [3.63, 3.8) is 0 Å². The predicted octanol–water partition coefficient (Wildman–Crippen LogP) is 4.11. The van der Waals surface area contributed by atoms with Gasteiger partial charge in [-0.3, -0.25) is 9.48 Å². The number of amides is 1. The average molecular weight is 341 g/mol. The molecular weight excluding hydrogens is 314 g/mol. The number of nitrogens with one attached hydrogen (secondary N) is 1. The minimum Gasteiger partial charge on any atom is -0.490 e. The van der Waals surface area contributed by atoms with Gasteiger partial charge in [0.05, 0.1) is 6.10 Å². The van der Waals surface area contributed by atoms with Crippen LogP contribution in [0.5, 0.6) is 5.75 Å². The van der Waals surface area contributed by atoms with Crippen molar-refractivity contribution >= 4 is 5.91 Å². The second kappa shape index (κ2) is 8.19. The van der Waals surface area contributed by atoms with Gasteiger partial charge < -0.3 is 10.1 Å². The van der Waals surface area contributed by atoms with Crippen molar-refractivity contribution in [1.29, 1.82) is 0 Å². The Morgan fingerprint density at radius 1 is 1.28 bits per heavy atom. The number of ether oxygens (including phenoxy) is 1. The molecule has 0 aliphatic heterocycles. The van der Waals surface area contributed by atoms with Crippen LogP contribution >= 0.6 is 0 Å². The molecule has 5 heteroatoms. The van der Waals surface area contributed by atoms with Gasteiger partial charge in [0.25, 0.3) is 5.91 Å². The fourth-order valence-corrected chi connectivity index (χ4v) is 3.12. The molecule has 0 radical (unpaired) electrons. The fraction of sp³-hybridized carbons (Fsp3) is 0.500. The number of aromatic nitrogens is 2. The Kier molecular flexibility index (Phi) is 5.74. The van der Waals surface area contributed by atoms with Gasteiger partial charge in [-0.2, -0.15) is 5.10 Å². The van der Waals surface area contributed by atoms with Crippen LogP contribution < -0.4 is 10.1 Å². The van der Waals surface area contributed by atoms with Crippen LogP contribution in [0.1, 0.15) is 68.0 Å². The second-order valence-electron chi connectivity index (χ2n) is 6.98. The summed E-state index contributed by atoms with van der Waals surface area (Å²) in [6.07, 6.45) is 8.27. The SMILES string of the molecule is CC(C)n1ccc(C(=O)NCc2cccc(OC3CCCCC3)c2)n1. The van der Waals surface area contributed by atoms with Gasteiger partial charge in [-0.1, -0.05) is 18.6 Å². The summed E-state index contributed by atoms with van der Waals surface area (Å²) < 4.78 is 7.87. The normalized spacial score (nSPS) is 15.3. The molecule has 1 heterocycles. The van der Waals surface area contributed by atoms with Crippen molar-refractivity contribution in [2.45, 2.75) is 64.6 Å². The van der Waals surface area contributed by atoms with Gasteiger partial charge in [-0.15, -0.1) is 0 Å². The third-order valence-electron chi connectivity index (χ3n) is 4.58. The summed E-state index contributed by atoms with van der Waals surface area (Å²) in [5.41, 5.74) is 1.48. The molecule has 1 fully saturated rings. The maximum absolute atomic E-state index is 12.2. The molecule has 1 saturated carbocycles. The summed E-state index contributed by atoms with van der Waals surface area (Å²) in [6.45, 7) is 4.54. The zero-order chi connectivity index (χ0) is 17.6. The molecule has 0 atom stereocenters. The molecule has 1 aromatic carbocycles. The van der Waals surface area contributed by atoms with Gasteiger partial charge in [0.1, 0.15) is 11.4 Å². The first-order valence-electron chi connectivity index (χ1n) is 9.21. The largest absolute Gasteiger partial charge is 0.490 e. The molecule has 2 aromatic rings. The molecule has 25 heavy (non-hydrogen) atoms. The van der Waals surface area contributed by atoms with Gasteiger partial charge in [0, 0.05) is 18.8 Å². The first-order valence-corrected chi connectivity index (χ1v) is 9.21. The number of nitrogens with zero attached hydrogens (tertiary/aromatic N) is 2. The van der Waals surface area contributed by atoms with Crippen LogP contribution in [0.4, 0.5) is 0 Å². The van der Waals surface area contributed by atoms with E-state index >= 15 is 0 Å². The maximum Gasteiger partial charge on any atom is 0.272 e. The highest BCUT2D eigenvalue weighted by Gasteiger charge is 2.15. The van der Waals surface area contributed by atoms with Crippen LogP contribution in [0.3, 0.4) is 0 Å². The third kappa shape index (κ3) is 4.84. The molecule has 0 spiro atoms. The Balaban J connectivity index is 1.55. The standard InChI is InChI=1S/C20H27N3O2/c1-15(2)23-12-11-19(22-23)20(24)21-14-16-7-6-10-18(13-16)25-17-8-4-3-5-9-17/h6-7,10-13,15,17H,3-5,8-9,14H2,1-2H3,(H,21,24). The lowest BCUT2D eigenvalue weighted by molar-refractivity contribution is 0.0944. The maximum atomic E-state index is 12.2. The molecule has 0 unspecified atom stereocenters. The highest BCUT2D eigenvalue weighted by Crippen LogP contribution is 2.23. The summed E-state index contributed by atoms with van der Waals surface area (Å²) in [4.78, 5) is 12.2. The minimum absolute atomic E-state index is 0.155. The molecule has 0 saturated heterocycles. The van der Waals surface area contributed by atoms with Crippen LogP contribution in [-0.2, 0) is 6.54 Å². The van der Waals surface area contributed by atoms with E-state index in [0.29, 0.717) is 18.3 Å². The number of rotatable bonds is 6. The van der Waals surface area contributed by atoms with E-state index in [0.717, 1.165) is 24.2 Å². The first-order chi connectivity index (χ1) is 12.1. The molecule has 134 valence electrons. The lowest BCUT2D eigenvalue weighted by Crippen LogP contribution is -2.24. The van der Waals surface area contributed by atoms with E-state index in [1.807, 2.05) is 44.3 Å². The van der Waals surface area contributed by atoms with Crippen molar-refractivity contribution in [2.24, 2.45) is 0 Å². The number of hydrogen-bond donors (Lipinski definition) is 1. The summed E-state index contributed by atoms with van der Waals surface area (Å²) >= 11 is 0. The van der Waals surface area contributed by atoms with Gasteiger partial charge in [0.2, 0.25) is 0 Å². The van der Waals surface area contributed by atoms with E-state index in [-0.39, 0.29) is 11.9 Å². The zero-order valence-electron chi connectivity index (χ0n) is 15.1. The Bertz CT molecular complexity index is 702. The first kappa shape index (κ1) is 17.5. The van der Waals surface area contributed by atoms with E-state index in [9.17, 15) is 4.79 Å². The summed E-state index contributed by atoms with van der Waals surface area (Å²) in [6, 6.07) is 9.98. The third-order valence-corrected chi connectivity index (χ3v) is 4.58. The van der Waals surface area contributed by atoms with E-state index in [1.54, 1.807) is 10.7 Å². The zero-order valence-corrected chi connectivity index (χ0v) is 15.1. The number of carbonyl (C=O) groups excluding carboxylic acids is 1. The minimum atomic E-state index is -0.155. The molecule has 3 rings (SSSR count). The van der Waals surface area contributed by atoms with Crippen molar-refractivity contribution in [3.8, 4) is 5.75 Å². The van der Waals surface area contributed by atoms with Gasteiger partial charge in [0.15, 0.2) is 0 Å². The van der Waals surface area contributed by atoms with Crippen LogP contribution in [0, 0.1) is 0 Å². The van der Waals surface area contributed by atoms with E-state index < -0.39 is 0 Å². The Labute approximate surface area is 149 Å². The monoisotopic (exact) mass is 341 g/mol. The summed E-state index contributed by atoms with van der Waals surface area (Å²) in [7, 11) is 0. The highest BCUT2D eigenvalue weighted by molar-refractivity contribution is 5.92. The molecule has 1 amide bonds. The van der Waals surface area contributed by atoms with Crippen molar-refractivity contribution < 1.29 is 9.53 Å².